The van der Waals surface area contributed by atoms with Crippen molar-refractivity contribution in [3.63, 3.8) is 0 Å². The van der Waals surface area contributed by atoms with E-state index in [-0.39, 0.29) is 12.8 Å². The van der Waals surface area contributed by atoms with Gasteiger partial charge in [0.15, 0.2) is 0 Å². The first kappa shape index (κ1) is 26.8. The van der Waals surface area contributed by atoms with Gasteiger partial charge < -0.3 is 20.4 Å². The van der Waals surface area contributed by atoms with Crippen LogP contribution in [0.25, 0.3) is 0 Å². The van der Waals surface area contributed by atoms with E-state index in [4.69, 9.17) is 15.3 Å². The monoisotopic (exact) mass is 374 g/mol. The highest BCUT2D eigenvalue weighted by atomic mass is 16.4. The van der Waals surface area contributed by atoms with Crippen LogP contribution in [0, 0.1) is 5.92 Å². The molecule has 154 valence electrons. The predicted molar refractivity (Wildman–Crippen MR) is 103 cm³/mol. The quantitative estimate of drug-likeness (QED) is 0.286. The Morgan fingerprint density at radius 2 is 1.27 bits per heavy atom. The van der Waals surface area contributed by atoms with Crippen molar-refractivity contribution in [3.8, 4) is 0 Å². The largest absolute Gasteiger partial charge is 0.481 e. The van der Waals surface area contributed by atoms with Crippen molar-refractivity contribution in [3.05, 3.63) is 11.6 Å². The number of unbranched alkanes of at least 4 members (excludes halogenated alkanes) is 2. The van der Waals surface area contributed by atoms with Gasteiger partial charge in [-0.15, -0.1) is 0 Å². The molecule has 0 bridgehead atoms. The van der Waals surface area contributed by atoms with E-state index in [9.17, 15) is 14.7 Å². The molecule has 0 aliphatic heterocycles. The van der Waals surface area contributed by atoms with Crippen molar-refractivity contribution < 1.29 is 30.0 Å². The number of allylic oxidation sites excluding steroid dienone is 2. The summed E-state index contributed by atoms with van der Waals surface area (Å²) < 4.78 is 0. The fourth-order valence-electron chi connectivity index (χ4n) is 2.28. The van der Waals surface area contributed by atoms with E-state index in [1.807, 2.05) is 19.9 Å². The average Bonchev–Trinajstić information content (AvgIpc) is 2.45. The van der Waals surface area contributed by atoms with E-state index in [0.717, 1.165) is 25.2 Å². The van der Waals surface area contributed by atoms with Gasteiger partial charge in [0.2, 0.25) is 0 Å². The number of hydrogen-bond donors (Lipinski definition) is 4. The van der Waals surface area contributed by atoms with Gasteiger partial charge in [-0.3, -0.25) is 9.59 Å². The molecule has 0 fully saturated rings. The summed E-state index contributed by atoms with van der Waals surface area (Å²) in [6.07, 6.45) is 6.65. The molecule has 0 aromatic heterocycles. The van der Waals surface area contributed by atoms with Gasteiger partial charge in [-0.05, 0) is 39.0 Å². The molecule has 0 heterocycles. The highest BCUT2D eigenvalue weighted by Crippen LogP contribution is 2.11. The normalized spacial score (nSPS) is 12.7. The van der Waals surface area contributed by atoms with Crippen LogP contribution in [0.3, 0.4) is 0 Å². The van der Waals surface area contributed by atoms with Crippen LogP contribution in [-0.4, -0.2) is 44.6 Å². The number of carbonyl (C=O) groups is 2. The molecule has 0 unspecified atom stereocenters. The van der Waals surface area contributed by atoms with E-state index in [2.05, 4.69) is 13.8 Å². The van der Waals surface area contributed by atoms with Crippen LogP contribution in [0.2, 0.25) is 0 Å². The minimum absolute atomic E-state index is 0.121. The maximum atomic E-state index is 10.2. The summed E-state index contributed by atoms with van der Waals surface area (Å²) >= 11 is 0. The number of carboxylic acid groups (broad SMARTS) is 2. The van der Waals surface area contributed by atoms with Gasteiger partial charge in [0.25, 0.3) is 0 Å². The summed E-state index contributed by atoms with van der Waals surface area (Å²) in [7, 11) is 0. The van der Waals surface area contributed by atoms with Crippen molar-refractivity contribution in [2.45, 2.75) is 97.7 Å². The van der Waals surface area contributed by atoms with Gasteiger partial charge in [-0.2, -0.15) is 0 Å². The van der Waals surface area contributed by atoms with Crippen LogP contribution in [-0.2, 0) is 9.59 Å². The lowest BCUT2D eigenvalue weighted by Crippen LogP contribution is -2.12. The molecule has 26 heavy (non-hydrogen) atoms. The summed E-state index contributed by atoms with van der Waals surface area (Å²) in [5.41, 5.74) is 1.19. The van der Waals surface area contributed by atoms with Gasteiger partial charge in [0.1, 0.15) is 0 Å². The second-order valence-electron chi connectivity index (χ2n) is 7.39. The van der Waals surface area contributed by atoms with Gasteiger partial charge >= 0.3 is 11.9 Å². The van der Waals surface area contributed by atoms with E-state index in [1.165, 1.54) is 18.4 Å². The Morgan fingerprint density at radius 3 is 1.69 bits per heavy atom. The summed E-state index contributed by atoms with van der Waals surface area (Å²) in [6.45, 7) is 8.34. The Hall–Kier alpha value is -1.40. The smallest absolute Gasteiger partial charge is 0.305 e. The molecule has 0 rings (SSSR count). The Labute approximate surface area is 157 Å². The lowest BCUT2D eigenvalue weighted by atomic mass is 10.0. The molecular weight excluding hydrogens is 336 g/mol. The van der Waals surface area contributed by atoms with Gasteiger partial charge in [0, 0.05) is 0 Å². The van der Waals surface area contributed by atoms with E-state index in [1.54, 1.807) is 0 Å². The molecule has 4 N–H and O–H groups in total. The van der Waals surface area contributed by atoms with Gasteiger partial charge in [0.05, 0.1) is 25.0 Å². The molecule has 0 aliphatic rings. The Morgan fingerprint density at radius 1 is 0.808 bits per heavy atom. The standard InChI is InChI=1S/C11H22O3.C9H16O3/c1-9(2)6-4-3-5-7-10(12)8-11(13)14;1-7(2)4-3-5-8(10)6-9(11)12/h9-10,12H,3-8H2,1-2H3,(H,13,14);4,8,10H,3,5-6H2,1-2H3,(H,11,12)/t10-;8-/m11/s1. The van der Waals surface area contributed by atoms with E-state index < -0.39 is 24.1 Å². The third kappa shape index (κ3) is 24.8. The molecule has 6 nitrogen and oxygen atoms in total. The summed E-state index contributed by atoms with van der Waals surface area (Å²) in [6, 6.07) is 0. The molecule has 0 aromatic rings. The molecule has 0 saturated carbocycles. The van der Waals surface area contributed by atoms with Crippen LogP contribution in [0.4, 0.5) is 0 Å². The topological polar surface area (TPSA) is 115 Å². The molecule has 0 spiro atoms. The highest BCUT2D eigenvalue weighted by Gasteiger charge is 2.08. The minimum atomic E-state index is -0.945. The van der Waals surface area contributed by atoms with Crippen molar-refractivity contribution in [2.75, 3.05) is 0 Å². The van der Waals surface area contributed by atoms with Gasteiger partial charge in [-0.1, -0.05) is 51.2 Å². The van der Waals surface area contributed by atoms with Crippen molar-refractivity contribution in [1.82, 2.24) is 0 Å². The summed E-state index contributed by atoms with van der Waals surface area (Å²) in [4.78, 5) is 20.4. The van der Waals surface area contributed by atoms with Crippen molar-refractivity contribution in [2.24, 2.45) is 5.92 Å². The van der Waals surface area contributed by atoms with Crippen molar-refractivity contribution >= 4 is 11.9 Å². The zero-order chi connectivity index (χ0) is 20.5. The predicted octanol–water partition coefficient (Wildman–Crippen LogP) is 4.00. The second kappa shape index (κ2) is 17.0. The molecule has 2 atom stereocenters. The number of aliphatic hydroxyl groups excluding tert-OH is 2. The fraction of sp³-hybridized carbons (Fsp3) is 0.800. The average molecular weight is 375 g/mol. The second-order valence-corrected chi connectivity index (χ2v) is 7.39. The van der Waals surface area contributed by atoms with Crippen LogP contribution in [0.1, 0.15) is 85.5 Å². The zero-order valence-corrected chi connectivity index (χ0v) is 16.8. The molecule has 0 amide bonds. The van der Waals surface area contributed by atoms with Gasteiger partial charge in [-0.25, -0.2) is 0 Å². The van der Waals surface area contributed by atoms with E-state index in [0.29, 0.717) is 12.8 Å². The number of carboxylic acids is 2. The fourth-order valence-corrected chi connectivity index (χ4v) is 2.28. The lowest BCUT2D eigenvalue weighted by molar-refractivity contribution is -0.140. The molecule has 0 aliphatic carbocycles. The number of hydrogen-bond acceptors (Lipinski definition) is 4. The van der Waals surface area contributed by atoms with Crippen LogP contribution < -0.4 is 0 Å². The first-order valence-corrected chi connectivity index (χ1v) is 9.47. The summed E-state index contributed by atoms with van der Waals surface area (Å²) in [5.74, 6) is -1.13. The molecule has 0 radical (unpaired) electrons. The third-order valence-corrected chi connectivity index (χ3v) is 3.69. The zero-order valence-electron chi connectivity index (χ0n) is 16.8. The maximum absolute atomic E-state index is 10.2. The van der Waals surface area contributed by atoms with Crippen LogP contribution in [0.5, 0.6) is 0 Å². The van der Waals surface area contributed by atoms with Crippen LogP contribution in [0.15, 0.2) is 11.6 Å². The van der Waals surface area contributed by atoms with Crippen LogP contribution >= 0.6 is 0 Å². The number of rotatable bonds is 13. The third-order valence-electron chi connectivity index (χ3n) is 3.69. The number of aliphatic hydroxyl groups is 2. The highest BCUT2D eigenvalue weighted by molar-refractivity contribution is 5.67. The number of aliphatic carboxylic acids is 2. The summed E-state index contributed by atoms with van der Waals surface area (Å²) in [5, 5.41) is 35.1. The first-order chi connectivity index (χ1) is 12.0. The molecule has 0 aromatic carbocycles. The minimum Gasteiger partial charge on any atom is -0.481 e. The molecular formula is C20H38O6. The first-order valence-electron chi connectivity index (χ1n) is 9.47. The Balaban J connectivity index is 0. The SMILES string of the molecule is CC(C)=CCC[C@@H](O)CC(=O)O.CC(C)CCCCC[C@@H](O)CC(=O)O. The molecule has 0 saturated heterocycles. The molecule has 6 heteroatoms. The maximum Gasteiger partial charge on any atom is 0.305 e. The lowest BCUT2D eigenvalue weighted by Gasteiger charge is -2.08. The van der Waals surface area contributed by atoms with Crippen molar-refractivity contribution in [1.29, 1.82) is 0 Å². The Kier molecular flexibility index (Phi) is 17.6. The Bertz CT molecular complexity index is 399. The van der Waals surface area contributed by atoms with E-state index >= 15 is 0 Å².